The van der Waals surface area contributed by atoms with Crippen LogP contribution in [0.5, 0.6) is 0 Å². The highest BCUT2D eigenvalue weighted by Crippen LogP contribution is 2.09. The monoisotopic (exact) mass is 248 g/mol. The molecule has 94 valence electrons. The van der Waals surface area contributed by atoms with Crippen LogP contribution >= 0.6 is 0 Å². The number of aromatic nitrogens is 2. The molecule has 0 atom stereocenters. The third kappa shape index (κ3) is 2.40. The molecule has 0 aliphatic rings. The van der Waals surface area contributed by atoms with Crippen molar-refractivity contribution < 1.29 is 14.0 Å². The Labute approximate surface area is 103 Å². The molecule has 0 aromatic carbocycles. The van der Waals surface area contributed by atoms with E-state index in [1.807, 2.05) is 0 Å². The minimum atomic E-state index is -0.584. The lowest BCUT2D eigenvalue weighted by Crippen LogP contribution is -2.16. The van der Waals surface area contributed by atoms with E-state index in [1.165, 1.54) is 17.8 Å². The molecule has 18 heavy (non-hydrogen) atoms. The van der Waals surface area contributed by atoms with Crippen LogP contribution in [0.15, 0.2) is 28.8 Å². The van der Waals surface area contributed by atoms with Gasteiger partial charge >= 0.3 is 0 Å². The summed E-state index contributed by atoms with van der Waals surface area (Å²) in [7, 11) is 1.52. The Morgan fingerprint density at radius 2 is 2.22 bits per heavy atom. The van der Waals surface area contributed by atoms with Crippen LogP contribution in [0.1, 0.15) is 26.8 Å². The molecule has 2 rings (SSSR count). The maximum absolute atomic E-state index is 11.3. The fraction of sp³-hybridized carbons (Fsp3) is 0.182. The number of furan rings is 1. The Balaban J connectivity index is 2.11. The maximum Gasteiger partial charge on any atom is 0.286 e. The van der Waals surface area contributed by atoms with Gasteiger partial charge in [0.2, 0.25) is 0 Å². The first-order chi connectivity index (χ1) is 8.60. The van der Waals surface area contributed by atoms with Gasteiger partial charge in [0.1, 0.15) is 11.5 Å². The second-order valence-electron chi connectivity index (χ2n) is 3.61. The summed E-state index contributed by atoms with van der Waals surface area (Å²) in [5.41, 5.74) is 5.28. The number of nitrogens with one attached hydrogen (secondary N) is 1. The van der Waals surface area contributed by atoms with Crippen molar-refractivity contribution in [2.75, 3.05) is 7.05 Å². The van der Waals surface area contributed by atoms with E-state index in [0.717, 1.165) is 0 Å². The summed E-state index contributed by atoms with van der Waals surface area (Å²) in [6.07, 6.45) is 1.61. The second kappa shape index (κ2) is 4.74. The molecule has 2 heterocycles. The van der Waals surface area contributed by atoms with E-state index in [1.54, 1.807) is 18.3 Å². The Kier molecular flexibility index (Phi) is 3.13. The molecule has 2 aromatic heterocycles. The van der Waals surface area contributed by atoms with E-state index in [-0.39, 0.29) is 17.4 Å². The van der Waals surface area contributed by atoms with Gasteiger partial charge in [-0.25, -0.2) is 0 Å². The van der Waals surface area contributed by atoms with Gasteiger partial charge in [-0.3, -0.25) is 14.3 Å². The Morgan fingerprint density at radius 3 is 2.83 bits per heavy atom. The number of rotatable bonds is 4. The number of carbonyl (C=O) groups excluding carboxylic acids is 2. The number of nitrogens with two attached hydrogens (primary N) is 1. The van der Waals surface area contributed by atoms with Crippen LogP contribution in [-0.4, -0.2) is 28.6 Å². The van der Waals surface area contributed by atoms with Crippen LogP contribution in [0, 0.1) is 0 Å². The van der Waals surface area contributed by atoms with Crippen LogP contribution in [0.4, 0.5) is 0 Å². The summed E-state index contributed by atoms with van der Waals surface area (Å²) in [4.78, 5) is 22.2. The van der Waals surface area contributed by atoms with E-state index in [4.69, 9.17) is 10.2 Å². The SMILES string of the molecule is CNC(=O)c1ccc(Cn2ccc(C(N)=O)n2)o1. The van der Waals surface area contributed by atoms with Crippen molar-refractivity contribution in [2.24, 2.45) is 5.73 Å². The van der Waals surface area contributed by atoms with Crippen LogP contribution in [0.3, 0.4) is 0 Å². The zero-order chi connectivity index (χ0) is 13.1. The normalized spacial score (nSPS) is 10.3. The molecule has 0 fully saturated rings. The number of carbonyl (C=O) groups is 2. The van der Waals surface area contributed by atoms with Crippen molar-refractivity contribution in [3.8, 4) is 0 Å². The van der Waals surface area contributed by atoms with Gasteiger partial charge in [-0.2, -0.15) is 5.10 Å². The van der Waals surface area contributed by atoms with Crippen molar-refractivity contribution in [3.05, 3.63) is 41.6 Å². The summed E-state index contributed by atoms with van der Waals surface area (Å²) in [5, 5.41) is 6.42. The Morgan fingerprint density at radius 1 is 1.44 bits per heavy atom. The Hall–Kier alpha value is -2.57. The van der Waals surface area contributed by atoms with Gasteiger partial charge in [-0.1, -0.05) is 0 Å². The van der Waals surface area contributed by atoms with E-state index in [9.17, 15) is 9.59 Å². The number of hydrogen-bond acceptors (Lipinski definition) is 4. The highest BCUT2D eigenvalue weighted by Gasteiger charge is 2.10. The number of hydrogen-bond donors (Lipinski definition) is 2. The van der Waals surface area contributed by atoms with Crippen LogP contribution in [-0.2, 0) is 6.54 Å². The van der Waals surface area contributed by atoms with Gasteiger partial charge in [-0.15, -0.1) is 0 Å². The van der Waals surface area contributed by atoms with Gasteiger partial charge in [0.25, 0.3) is 11.8 Å². The fourth-order valence-corrected chi connectivity index (χ4v) is 1.45. The van der Waals surface area contributed by atoms with E-state index >= 15 is 0 Å². The van der Waals surface area contributed by atoms with E-state index < -0.39 is 5.91 Å². The molecule has 0 aliphatic heterocycles. The molecular weight excluding hydrogens is 236 g/mol. The van der Waals surface area contributed by atoms with Gasteiger partial charge in [0.05, 0.1) is 6.54 Å². The molecule has 0 bridgehead atoms. The third-order valence-corrected chi connectivity index (χ3v) is 2.32. The predicted octanol–water partition coefficient (Wildman–Crippen LogP) is -0.0171. The van der Waals surface area contributed by atoms with Crippen LogP contribution in [0.25, 0.3) is 0 Å². The topological polar surface area (TPSA) is 103 Å². The first-order valence-electron chi connectivity index (χ1n) is 5.24. The summed E-state index contributed by atoms with van der Waals surface area (Å²) < 4.78 is 6.83. The molecule has 7 heteroatoms. The van der Waals surface area contributed by atoms with Gasteiger partial charge < -0.3 is 15.5 Å². The standard InChI is InChI=1S/C11H12N4O3/c1-13-11(17)9-3-2-7(18-9)6-15-5-4-8(14-15)10(12)16/h2-5H,6H2,1H3,(H2,12,16)(H,13,17). The maximum atomic E-state index is 11.3. The third-order valence-electron chi connectivity index (χ3n) is 2.32. The quantitative estimate of drug-likeness (QED) is 0.793. The highest BCUT2D eigenvalue weighted by molar-refractivity contribution is 5.91. The highest BCUT2D eigenvalue weighted by atomic mass is 16.4. The minimum absolute atomic E-state index is 0.188. The summed E-state index contributed by atoms with van der Waals surface area (Å²) in [6.45, 7) is 0.324. The van der Waals surface area contributed by atoms with Gasteiger partial charge in [0.15, 0.2) is 5.76 Å². The van der Waals surface area contributed by atoms with E-state index in [2.05, 4.69) is 10.4 Å². The number of amides is 2. The second-order valence-corrected chi connectivity index (χ2v) is 3.61. The van der Waals surface area contributed by atoms with Crippen molar-refractivity contribution in [1.82, 2.24) is 15.1 Å². The van der Waals surface area contributed by atoms with Crippen LogP contribution in [0.2, 0.25) is 0 Å². The molecule has 0 spiro atoms. The average molecular weight is 248 g/mol. The number of primary amides is 1. The predicted molar refractivity (Wildman–Crippen MR) is 61.9 cm³/mol. The lowest BCUT2D eigenvalue weighted by Gasteiger charge is -1.98. The molecule has 0 radical (unpaired) electrons. The van der Waals surface area contributed by atoms with Crippen LogP contribution < -0.4 is 11.1 Å². The first kappa shape index (κ1) is 11.9. The summed E-state index contributed by atoms with van der Waals surface area (Å²) >= 11 is 0. The van der Waals surface area contributed by atoms with Crippen molar-refractivity contribution in [2.45, 2.75) is 6.54 Å². The lowest BCUT2D eigenvalue weighted by molar-refractivity contribution is 0.0933. The molecule has 7 nitrogen and oxygen atoms in total. The zero-order valence-corrected chi connectivity index (χ0v) is 9.71. The lowest BCUT2D eigenvalue weighted by atomic mass is 10.4. The smallest absolute Gasteiger partial charge is 0.286 e. The largest absolute Gasteiger partial charge is 0.454 e. The first-order valence-corrected chi connectivity index (χ1v) is 5.24. The molecule has 0 saturated heterocycles. The molecular formula is C11H12N4O3. The molecule has 3 N–H and O–H groups in total. The Bertz CT molecular complexity index is 585. The average Bonchev–Trinajstić information content (AvgIpc) is 2.98. The molecule has 0 aliphatic carbocycles. The molecule has 2 amide bonds. The van der Waals surface area contributed by atoms with Gasteiger partial charge in [0, 0.05) is 13.2 Å². The molecule has 0 saturated carbocycles. The van der Waals surface area contributed by atoms with Crippen molar-refractivity contribution >= 4 is 11.8 Å². The zero-order valence-electron chi connectivity index (χ0n) is 9.71. The fourth-order valence-electron chi connectivity index (χ4n) is 1.45. The number of nitrogens with zero attached hydrogens (tertiary/aromatic N) is 2. The van der Waals surface area contributed by atoms with Gasteiger partial charge in [-0.05, 0) is 18.2 Å². The van der Waals surface area contributed by atoms with Crippen molar-refractivity contribution in [3.63, 3.8) is 0 Å². The molecule has 0 unspecified atom stereocenters. The molecule has 2 aromatic rings. The van der Waals surface area contributed by atoms with Crippen molar-refractivity contribution in [1.29, 1.82) is 0 Å². The van der Waals surface area contributed by atoms with E-state index in [0.29, 0.717) is 12.3 Å². The minimum Gasteiger partial charge on any atom is -0.454 e. The summed E-state index contributed by atoms with van der Waals surface area (Å²) in [6, 6.07) is 4.77. The summed E-state index contributed by atoms with van der Waals surface area (Å²) in [5.74, 6) is -0.0821.